The highest BCUT2D eigenvalue weighted by Gasteiger charge is 2.31. The highest BCUT2D eigenvalue weighted by Crippen LogP contribution is 2.33. The fraction of sp³-hybridized carbons (Fsp3) is 0.833. The van der Waals surface area contributed by atoms with Gasteiger partial charge in [0, 0.05) is 25.9 Å². The van der Waals surface area contributed by atoms with Gasteiger partial charge >= 0.3 is 0 Å². The molecule has 122 valence electrons. The molecule has 1 aromatic rings. The molecule has 0 unspecified atom stereocenters. The molecule has 1 aliphatic heterocycles. The lowest BCUT2D eigenvalue weighted by Gasteiger charge is -2.24. The number of aryl methyl sites for hydroxylation is 1. The molecule has 0 bridgehead atoms. The van der Waals surface area contributed by atoms with Crippen molar-refractivity contribution in [2.45, 2.75) is 57.4 Å². The first-order chi connectivity index (χ1) is 10.8. The van der Waals surface area contributed by atoms with Crippen molar-refractivity contribution < 1.29 is 4.74 Å². The average Bonchev–Trinajstić information content (AvgIpc) is 3.15. The van der Waals surface area contributed by atoms with Gasteiger partial charge in [0.2, 0.25) is 0 Å². The topological polar surface area (TPSA) is 30.3 Å². The minimum absolute atomic E-state index is 0.514. The predicted molar refractivity (Wildman–Crippen MR) is 86.9 cm³/mol. The fourth-order valence-corrected chi connectivity index (χ4v) is 4.11. The number of hydrogen-bond donors (Lipinski definition) is 0. The quantitative estimate of drug-likeness (QED) is 0.757. The van der Waals surface area contributed by atoms with Crippen LogP contribution in [0.1, 0.15) is 61.8 Å². The molecule has 1 saturated heterocycles. The summed E-state index contributed by atoms with van der Waals surface area (Å²) in [5.41, 5.74) is 2.87. The van der Waals surface area contributed by atoms with Crippen molar-refractivity contribution in [2.24, 2.45) is 13.0 Å². The lowest BCUT2D eigenvalue weighted by Crippen LogP contribution is -2.29. The molecule has 3 aliphatic rings. The number of fused-ring (bicyclic) bond motifs is 1. The Morgan fingerprint density at radius 3 is 2.82 bits per heavy atom. The molecule has 4 nitrogen and oxygen atoms in total. The maximum Gasteiger partial charge on any atom is 0.126 e. The van der Waals surface area contributed by atoms with Crippen LogP contribution < -0.4 is 0 Å². The highest BCUT2D eigenvalue weighted by atomic mass is 16.5. The molecule has 0 spiro atoms. The number of ether oxygens (including phenoxy) is 1. The summed E-state index contributed by atoms with van der Waals surface area (Å²) in [5.74, 6) is 2.18. The van der Waals surface area contributed by atoms with E-state index in [1.165, 1.54) is 75.1 Å². The van der Waals surface area contributed by atoms with Gasteiger partial charge < -0.3 is 9.30 Å². The number of aromatic nitrogens is 2. The number of nitrogens with zero attached hydrogens (tertiary/aromatic N) is 3. The van der Waals surface area contributed by atoms with E-state index in [1.807, 2.05) is 0 Å². The molecule has 2 aliphatic carbocycles. The normalized spacial score (nSPS) is 25.6. The molecule has 0 radical (unpaired) electrons. The Labute approximate surface area is 133 Å². The van der Waals surface area contributed by atoms with E-state index in [9.17, 15) is 0 Å². The molecule has 4 heteroatoms. The van der Waals surface area contributed by atoms with Crippen LogP contribution in [0.25, 0.3) is 0 Å². The van der Waals surface area contributed by atoms with Gasteiger partial charge in [-0.25, -0.2) is 4.98 Å². The highest BCUT2D eigenvalue weighted by molar-refractivity contribution is 5.22. The van der Waals surface area contributed by atoms with Crippen molar-refractivity contribution in [2.75, 3.05) is 26.3 Å². The smallest absolute Gasteiger partial charge is 0.126 e. The first kappa shape index (κ1) is 14.7. The maximum atomic E-state index is 5.85. The van der Waals surface area contributed by atoms with Crippen molar-refractivity contribution >= 4 is 0 Å². The summed E-state index contributed by atoms with van der Waals surface area (Å²) >= 11 is 0. The van der Waals surface area contributed by atoms with Crippen molar-refractivity contribution in [3.63, 3.8) is 0 Å². The average molecular weight is 303 g/mol. The van der Waals surface area contributed by atoms with Crippen LogP contribution in [0, 0.1) is 5.92 Å². The summed E-state index contributed by atoms with van der Waals surface area (Å²) in [5, 5.41) is 0. The predicted octanol–water partition coefficient (Wildman–Crippen LogP) is 2.86. The number of rotatable bonds is 6. The minimum atomic E-state index is 0.514. The molecule has 2 fully saturated rings. The lowest BCUT2D eigenvalue weighted by molar-refractivity contribution is 0.0908. The second-order valence-electron chi connectivity index (χ2n) is 7.34. The third-order valence-electron chi connectivity index (χ3n) is 5.64. The van der Waals surface area contributed by atoms with E-state index >= 15 is 0 Å². The number of imidazole rings is 1. The van der Waals surface area contributed by atoms with E-state index in [-0.39, 0.29) is 0 Å². The van der Waals surface area contributed by atoms with Gasteiger partial charge in [0.1, 0.15) is 5.82 Å². The van der Waals surface area contributed by atoms with Gasteiger partial charge in [-0.15, -0.1) is 0 Å². The maximum absolute atomic E-state index is 5.85. The van der Waals surface area contributed by atoms with E-state index in [4.69, 9.17) is 9.72 Å². The lowest BCUT2D eigenvalue weighted by atomic mass is 10.0. The van der Waals surface area contributed by atoms with E-state index in [1.54, 1.807) is 0 Å². The third kappa shape index (κ3) is 2.95. The van der Waals surface area contributed by atoms with Crippen molar-refractivity contribution in [1.29, 1.82) is 0 Å². The third-order valence-corrected chi connectivity index (χ3v) is 5.64. The molecule has 0 N–H and O–H groups in total. The minimum Gasteiger partial charge on any atom is -0.380 e. The summed E-state index contributed by atoms with van der Waals surface area (Å²) in [6.45, 7) is 4.14. The van der Waals surface area contributed by atoms with Crippen LogP contribution in [-0.2, 0) is 24.6 Å². The van der Waals surface area contributed by atoms with Gasteiger partial charge in [-0.1, -0.05) is 0 Å². The SMILES string of the molecule is Cn1c([C@@H]2CCCN2CCOCC2CC2)nc2c1CCCC2. The van der Waals surface area contributed by atoms with Gasteiger partial charge in [0.25, 0.3) is 0 Å². The Bertz CT molecular complexity index is 521. The number of hydrogen-bond acceptors (Lipinski definition) is 3. The molecule has 4 rings (SSSR count). The van der Waals surface area contributed by atoms with Crippen LogP contribution in [0.4, 0.5) is 0 Å². The van der Waals surface area contributed by atoms with E-state index < -0.39 is 0 Å². The first-order valence-electron chi connectivity index (χ1n) is 9.19. The molecule has 1 aromatic heterocycles. The monoisotopic (exact) mass is 303 g/mol. The molecule has 0 aromatic carbocycles. The Kier molecular flexibility index (Phi) is 4.23. The summed E-state index contributed by atoms with van der Waals surface area (Å²) in [7, 11) is 2.23. The molecule has 22 heavy (non-hydrogen) atoms. The van der Waals surface area contributed by atoms with Gasteiger partial charge in [0.05, 0.1) is 18.3 Å². The van der Waals surface area contributed by atoms with Crippen LogP contribution in [0.5, 0.6) is 0 Å². The summed E-state index contributed by atoms with van der Waals surface area (Å²) in [6.07, 6.45) is 10.4. The second-order valence-corrected chi connectivity index (χ2v) is 7.34. The zero-order chi connectivity index (χ0) is 14.9. The van der Waals surface area contributed by atoms with Crippen LogP contribution >= 0.6 is 0 Å². The van der Waals surface area contributed by atoms with Crippen molar-refractivity contribution in [3.05, 3.63) is 17.2 Å². The number of likely N-dealkylation sites (tertiary alicyclic amines) is 1. The summed E-state index contributed by atoms with van der Waals surface area (Å²) in [4.78, 5) is 7.63. The standard InChI is InChI=1S/C18H29N3O/c1-20-16-6-3-2-5-15(16)19-18(20)17-7-4-10-21(17)11-12-22-13-14-8-9-14/h14,17H,2-13H2,1H3/t17-/m0/s1. The van der Waals surface area contributed by atoms with Crippen LogP contribution in [-0.4, -0.2) is 40.8 Å². The first-order valence-corrected chi connectivity index (χ1v) is 9.19. The van der Waals surface area contributed by atoms with E-state index in [0.29, 0.717) is 6.04 Å². The van der Waals surface area contributed by atoms with E-state index in [2.05, 4.69) is 16.5 Å². The van der Waals surface area contributed by atoms with E-state index in [0.717, 1.165) is 25.7 Å². The van der Waals surface area contributed by atoms with Crippen LogP contribution in [0.2, 0.25) is 0 Å². The molecule has 1 atom stereocenters. The molecule has 0 amide bonds. The Hall–Kier alpha value is -0.870. The molecule has 2 heterocycles. The van der Waals surface area contributed by atoms with Gasteiger partial charge in [-0.05, 0) is 63.8 Å². The van der Waals surface area contributed by atoms with Gasteiger partial charge in [-0.2, -0.15) is 0 Å². The Balaban J connectivity index is 1.40. The summed E-state index contributed by atoms with van der Waals surface area (Å²) < 4.78 is 8.25. The van der Waals surface area contributed by atoms with Crippen LogP contribution in [0.15, 0.2) is 0 Å². The molecular formula is C18H29N3O. The summed E-state index contributed by atoms with van der Waals surface area (Å²) in [6, 6.07) is 0.514. The molecular weight excluding hydrogens is 274 g/mol. The second kappa shape index (κ2) is 6.32. The molecule has 1 saturated carbocycles. The van der Waals surface area contributed by atoms with Gasteiger partial charge in [0.15, 0.2) is 0 Å². The van der Waals surface area contributed by atoms with Crippen molar-refractivity contribution in [1.82, 2.24) is 14.5 Å². The zero-order valence-corrected chi connectivity index (χ0v) is 13.9. The van der Waals surface area contributed by atoms with Crippen molar-refractivity contribution in [3.8, 4) is 0 Å². The fourth-order valence-electron chi connectivity index (χ4n) is 4.11. The Morgan fingerprint density at radius 2 is 2.00 bits per heavy atom. The zero-order valence-electron chi connectivity index (χ0n) is 13.9. The van der Waals surface area contributed by atoms with Gasteiger partial charge in [-0.3, -0.25) is 4.90 Å². The largest absolute Gasteiger partial charge is 0.380 e. The Morgan fingerprint density at radius 1 is 1.14 bits per heavy atom. The van der Waals surface area contributed by atoms with Crippen LogP contribution in [0.3, 0.4) is 0 Å².